The molecule has 1 amide bonds. The lowest BCUT2D eigenvalue weighted by atomic mass is 10.0. The smallest absolute Gasteiger partial charge is 0.251 e. The average Bonchev–Trinajstić information content (AvgIpc) is 2.21. The van der Waals surface area contributed by atoms with Crippen LogP contribution in [0.1, 0.15) is 36.2 Å². The molecular weight excluding hydrogens is 257 g/mol. The van der Waals surface area contributed by atoms with Gasteiger partial charge in [-0.05, 0) is 44.9 Å². The molecule has 17 heavy (non-hydrogen) atoms. The molecule has 0 atom stereocenters. The second kappa shape index (κ2) is 5.74. The molecular formula is C13H17Cl2NO. The van der Waals surface area contributed by atoms with E-state index in [1.54, 1.807) is 12.1 Å². The fourth-order valence-corrected chi connectivity index (χ4v) is 2.07. The summed E-state index contributed by atoms with van der Waals surface area (Å²) in [6, 6.07) is 5.29. The Labute approximate surface area is 112 Å². The van der Waals surface area contributed by atoms with E-state index in [0.29, 0.717) is 16.5 Å². The fraction of sp³-hybridized carbons (Fsp3) is 0.462. The molecule has 94 valence electrons. The lowest BCUT2D eigenvalue weighted by molar-refractivity contribution is 0.0911. The van der Waals surface area contributed by atoms with Crippen molar-refractivity contribution < 1.29 is 4.79 Å². The fourth-order valence-electron chi connectivity index (χ4n) is 1.41. The highest BCUT2D eigenvalue weighted by atomic mass is 35.5. The van der Waals surface area contributed by atoms with Crippen LogP contribution in [0.25, 0.3) is 0 Å². The number of aryl methyl sites for hydroxylation is 1. The number of alkyl halides is 1. The molecule has 1 aromatic rings. The van der Waals surface area contributed by atoms with Gasteiger partial charge in [0.15, 0.2) is 0 Å². The Morgan fingerprint density at radius 1 is 1.41 bits per heavy atom. The number of halogens is 2. The van der Waals surface area contributed by atoms with Crippen molar-refractivity contribution in [2.24, 2.45) is 0 Å². The van der Waals surface area contributed by atoms with E-state index in [1.807, 2.05) is 26.8 Å². The molecule has 0 aliphatic carbocycles. The molecule has 1 rings (SSSR count). The second-order valence-corrected chi connectivity index (χ2v) is 5.53. The van der Waals surface area contributed by atoms with E-state index in [9.17, 15) is 4.79 Å². The molecule has 4 heteroatoms. The van der Waals surface area contributed by atoms with E-state index in [4.69, 9.17) is 23.2 Å². The lowest BCUT2D eigenvalue weighted by Gasteiger charge is -2.25. The molecule has 0 aromatic heterocycles. The predicted molar refractivity (Wildman–Crippen MR) is 73.1 cm³/mol. The molecule has 1 aromatic carbocycles. The van der Waals surface area contributed by atoms with Crippen molar-refractivity contribution >= 4 is 29.1 Å². The predicted octanol–water partition coefficient (Wildman–Crippen LogP) is 3.79. The summed E-state index contributed by atoms with van der Waals surface area (Å²) in [5.74, 6) is 0.393. The summed E-state index contributed by atoms with van der Waals surface area (Å²) in [6.07, 6.45) is 0.722. The van der Waals surface area contributed by atoms with E-state index >= 15 is 0 Å². The topological polar surface area (TPSA) is 29.1 Å². The molecule has 0 unspecified atom stereocenters. The zero-order chi connectivity index (χ0) is 13.1. The molecule has 0 radical (unpaired) electrons. The average molecular weight is 274 g/mol. The normalized spacial score (nSPS) is 11.4. The Morgan fingerprint density at radius 3 is 2.59 bits per heavy atom. The van der Waals surface area contributed by atoms with E-state index in [1.165, 1.54) is 0 Å². The minimum absolute atomic E-state index is 0.123. The van der Waals surface area contributed by atoms with Crippen LogP contribution in [0.2, 0.25) is 5.02 Å². The van der Waals surface area contributed by atoms with E-state index < -0.39 is 0 Å². The van der Waals surface area contributed by atoms with Gasteiger partial charge in [0.1, 0.15) is 0 Å². The van der Waals surface area contributed by atoms with Gasteiger partial charge in [-0.2, -0.15) is 0 Å². The van der Waals surface area contributed by atoms with Crippen LogP contribution in [-0.2, 0) is 0 Å². The number of benzene rings is 1. The highest BCUT2D eigenvalue weighted by molar-refractivity contribution is 6.31. The van der Waals surface area contributed by atoms with Gasteiger partial charge >= 0.3 is 0 Å². The zero-order valence-corrected chi connectivity index (χ0v) is 11.8. The second-order valence-electron chi connectivity index (χ2n) is 4.74. The van der Waals surface area contributed by atoms with Gasteiger partial charge in [-0.3, -0.25) is 4.79 Å². The molecule has 0 bridgehead atoms. The molecule has 0 saturated carbocycles. The van der Waals surface area contributed by atoms with Crippen molar-refractivity contribution in [3.05, 3.63) is 34.3 Å². The summed E-state index contributed by atoms with van der Waals surface area (Å²) in [4.78, 5) is 12.0. The third kappa shape index (κ3) is 4.21. The van der Waals surface area contributed by atoms with Gasteiger partial charge in [0.2, 0.25) is 0 Å². The molecule has 1 N–H and O–H groups in total. The molecule has 0 aliphatic heterocycles. The van der Waals surface area contributed by atoms with E-state index in [0.717, 1.165) is 12.0 Å². The highest BCUT2D eigenvalue weighted by Crippen LogP contribution is 2.18. The molecule has 0 fully saturated rings. The molecule has 0 spiro atoms. The van der Waals surface area contributed by atoms with E-state index in [2.05, 4.69) is 5.32 Å². The molecule has 0 saturated heterocycles. The van der Waals surface area contributed by atoms with Gasteiger partial charge in [0.25, 0.3) is 5.91 Å². The van der Waals surface area contributed by atoms with Crippen molar-refractivity contribution in [1.29, 1.82) is 0 Å². The Bertz CT molecular complexity index is 416. The van der Waals surface area contributed by atoms with Crippen molar-refractivity contribution in [3.8, 4) is 0 Å². The minimum atomic E-state index is -0.309. The third-order valence-corrected chi connectivity index (χ3v) is 3.20. The number of carbonyl (C=O) groups excluding carboxylic acids is 1. The zero-order valence-electron chi connectivity index (χ0n) is 10.3. The van der Waals surface area contributed by atoms with Crippen LogP contribution in [0.3, 0.4) is 0 Å². The third-order valence-electron chi connectivity index (χ3n) is 2.61. The summed E-state index contributed by atoms with van der Waals surface area (Å²) in [7, 11) is 0. The first-order valence-electron chi connectivity index (χ1n) is 5.50. The molecule has 0 aliphatic rings. The van der Waals surface area contributed by atoms with E-state index in [-0.39, 0.29) is 11.4 Å². The summed E-state index contributed by atoms with van der Waals surface area (Å²) < 4.78 is 0. The molecule has 2 nitrogen and oxygen atoms in total. The van der Waals surface area contributed by atoms with Gasteiger partial charge in [0, 0.05) is 22.0 Å². The molecule has 0 heterocycles. The highest BCUT2D eigenvalue weighted by Gasteiger charge is 2.20. The van der Waals surface area contributed by atoms with Crippen LogP contribution >= 0.6 is 23.2 Å². The van der Waals surface area contributed by atoms with Crippen LogP contribution in [0.15, 0.2) is 18.2 Å². The number of hydrogen-bond donors (Lipinski definition) is 1. The van der Waals surface area contributed by atoms with Gasteiger partial charge in [0.05, 0.1) is 0 Å². The van der Waals surface area contributed by atoms with Gasteiger partial charge in [-0.1, -0.05) is 17.7 Å². The lowest BCUT2D eigenvalue weighted by Crippen LogP contribution is -2.43. The van der Waals surface area contributed by atoms with Gasteiger partial charge in [-0.15, -0.1) is 11.6 Å². The maximum atomic E-state index is 12.0. The Morgan fingerprint density at radius 2 is 2.06 bits per heavy atom. The summed E-state index contributed by atoms with van der Waals surface area (Å²) in [5.41, 5.74) is 1.22. The minimum Gasteiger partial charge on any atom is -0.347 e. The number of amides is 1. The number of carbonyl (C=O) groups is 1. The maximum absolute atomic E-state index is 12.0. The number of nitrogens with one attached hydrogen (secondary N) is 1. The van der Waals surface area contributed by atoms with Gasteiger partial charge in [-0.25, -0.2) is 0 Å². The first kappa shape index (κ1) is 14.3. The van der Waals surface area contributed by atoms with Crippen molar-refractivity contribution in [3.63, 3.8) is 0 Å². The Hall–Kier alpha value is -0.730. The standard InChI is InChI=1S/C13H17Cl2NO/c1-9-4-5-10(8-11(9)15)12(17)16-13(2,3)6-7-14/h4-5,8H,6-7H2,1-3H3,(H,16,17). The van der Waals surface area contributed by atoms with Crippen molar-refractivity contribution in [2.75, 3.05) is 5.88 Å². The first-order valence-corrected chi connectivity index (χ1v) is 6.41. The SMILES string of the molecule is Cc1ccc(C(=O)NC(C)(C)CCCl)cc1Cl. The van der Waals surface area contributed by atoms with Crippen molar-refractivity contribution in [1.82, 2.24) is 5.32 Å². The number of rotatable bonds is 4. The van der Waals surface area contributed by atoms with Gasteiger partial charge < -0.3 is 5.32 Å². The van der Waals surface area contributed by atoms with Crippen LogP contribution < -0.4 is 5.32 Å². The Balaban J connectivity index is 2.80. The van der Waals surface area contributed by atoms with Crippen LogP contribution in [0.4, 0.5) is 0 Å². The largest absolute Gasteiger partial charge is 0.347 e. The first-order chi connectivity index (χ1) is 7.85. The van der Waals surface area contributed by atoms with Crippen LogP contribution in [0, 0.1) is 6.92 Å². The quantitative estimate of drug-likeness (QED) is 0.832. The summed E-state index contributed by atoms with van der Waals surface area (Å²) in [5, 5.41) is 3.54. The van der Waals surface area contributed by atoms with Crippen LogP contribution in [-0.4, -0.2) is 17.3 Å². The van der Waals surface area contributed by atoms with Crippen molar-refractivity contribution in [2.45, 2.75) is 32.7 Å². The number of hydrogen-bond acceptors (Lipinski definition) is 1. The Kier molecular flexibility index (Phi) is 4.84. The monoisotopic (exact) mass is 273 g/mol. The summed E-state index contributed by atoms with van der Waals surface area (Å²) in [6.45, 7) is 5.80. The maximum Gasteiger partial charge on any atom is 0.251 e. The summed E-state index contributed by atoms with van der Waals surface area (Å²) >= 11 is 11.7. The van der Waals surface area contributed by atoms with Crippen LogP contribution in [0.5, 0.6) is 0 Å².